The molecule has 0 unspecified atom stereocenters. The van der Waals surface area contributed by atoms with Crippen molar-refractivity contribution in [3.05, 3.63) is 71.4 Å². The highest BCUT2D eigenvalue weighted by atomic mass is 32.1. The summed E-state index contributed by atoms with van der Waals surface area (Å²) in [6.45, 7) is 0. The van der Waals surface area contributed by atoms with E-state index < -0.39 is 0 Å². The molecular formula is C16H11FN2OS. The quantitative estimate of drug-likeness (QED) is 0.787. The summed E-state index contributed by atoms with van der Waals surface area (Å²) >= 11 is 1.35. The molecule has 0 saturated heterocycles. The van der Waals surface area contributed by atoms with E-state index in [1.54, 1.807) is 0 Å². The van der Waals surface area contributed by atoms with Gasteiger partial charge in [0, 0.05) is 16.5 Å². The van der Waals surface area contributed by atoms with E-state index in [1.165, 1.54) is 35.6 Å². The molecule has 0 aliphatic heterocycles. The minimum Gasteiger partial charge on any atom is -0.298 e. The number of carbonyl (C=O) groups excluding carboxylic acids is 1. The van der Waals surface area contributed by atoms with Gasteiger partial charge in [0.25, 0.3) is 5.91 Å². The van der Waals surface area contributed by atoms with Gasteiger partial charge in [-0.25, -0.2) is 9.37 Å². The number of nitrogens with one attached hydrogen (secondary N) is 1. The maximum atomic E-state index is 12.8. The number of aromatic nitrogens is 1. The first-order valence-corrected chi connectivity index (χ1v) is 7.18. The molecule has 3 rings (SSSR count). The Hall–Kier alpha value is -2.53. The van der Waals surface area contributed by atoms with Gasteiger partial charge in [-0.2, -0.15) is 0 Å². The number of benzene rings is 2. The fourth-order valence-electron chi connectivity index (χ4n) is 1.84. The molecule has 0 saturated carbocycles. The molecule has 0 fully saturated rings. The first-order chi connectivity index (χ1) is 10.2. The van der Waals surface area contributed by atoms with Gasteiger partial charge in [0.05, 0.1) is 5.69 Å². The molecule has 0 aliphatic rings. The van der Waals surface area contributed by atoms with E-state index in [0.717, 1.165) is 11.3 Å². The summed E-state index contributed by atoms with van der Waals surface area (Å²) < 4.78 is 12.8. The van der Waals surface area contributed by atoms with Crippen molar-refractivity contribution in [2.75, 3.05) is 5.32 Å². The van der Waals surface area contributed by atoms with Gasteiger partial charge in [0.2, 0.25) is 0 Å². The van der Waals surface area contributed by atoms with Gasteiger partial charge in [0.1, 0.15) is 5.82 Å². The number of rotatable bonds is 3. The smallest absolute Gasteiger partial charge is 0.257 e. The molecule has 5 heteroatoms. The van der Waals surface area contributed by atoms with E-state index in [9.17, 15) is 9.18 Å². The van der Waals surface area contributed by atoms with Gasteiger partial charge in [-0.1, -0.05) is 30.3 Å². The van der Waals surface area contributed by atoms with Crippen LogP contribution in [0.1, 0.15) is 10.4 Å². The van der Waals surface area contributed by atoms with E-state index in [4.69, 9.17) is 0 Å². The fourth-order valence-corrected chi connectivity index (χ4v) is 2.56. The van der Waals surface area contributed by atoms with E-state index in [0.29, 0.717) is 10.7 Å². The Balaban J connectivity index is 1.75. The standard InChI is InChI=1S/C16H11FN2OS/c17-13-8-6-12(7-9-13)15(20)19-16-18-14(10-21-16)11-4-2-1-3-5-11/h1-10H,(H,18,19,20). The van der Waals surface area contributed by atoms with Gasteiger partial charge >= 0.3 is 0 Å². The SMILES string of the molecule is O=C(Nc1nc(-c2ccccc2)cs1)c1ccc(F)cc1. The second-order valence-corrected chi connectivity index (χ2v) is 5.22. The topological polar surface area (TPSA) is 42.0 Å². The van der Waals surface area contributed by atoms with Gasteiger partial charge in [-0.05, 0) is 24.3 Å². The zero-order valence-corrected chi connectivity index (χ0v) is 11.7. The number of nitrogens with zero attached hydrogens (tertiary/aromatic N) is 1. The third kappa shape index (κ3) is 3.14. The van der Waals surface area contributed by atoms with Crippen LogP contribution < -0.4 is 5.32 Å². The van der Waals surface area contributed by atoms with Crippen molar-refractivity contribution >= 4 is 22.4 Å². The third-order valence-electron chi connectivity index (χ3n) is 2.90. The van der Waals surface area contributed by atoms with Crippen LogP contribution in [0.4, 0.5) is 9.52 Å². The van der Waals surface area contributed by atoms with Crippen LogP contribution in [-0.4, -0.2) is 10.9 Å². The van der Waals surface area contributed by atoms with Crippen molar-refractivity contribution in [2.45, 2.75) is 0 Å². The van der Waals surface area contributed by atoms with Crippen molar-refractivity contribution in [1.29, 1.82) is 0 Å². The number of anilines is 1. The summed E-state index contributed by atoms with van der Waals surface area (Å²) in [6.07, 6.45) is 0. The van der Waals surface area contributed by atoms with Crippen LogP contribution >= 0.6 is 11.3 Å². The van der Waals surface area contributed by atoms with Crippen LogP contribution in [0.15, 0.2) is 60.0 Å². The normalized spacial score (nSPS) is 10.3. The van der Waals surface area contributed by atoms with Gasteiger partial charge in [0.15, 0.2) is 5.13 Å². The average molecular weight is 298 g/mol. The molecule has 21 heavy (non-hydrogen) atoms. The summed E-state index contributed by atoms with van der Waals surface area (Å²) in [4.78, 5) is 16.4. The van der Waals surface area contributed by atoms with Crippen LogP contribution in [0, 0.1) is 5.82 Å². The predicted molar refractivity (Wildman–Crippen MR) is 81.9 cm³/mol. The second kappa shape index (κ2) is 5.85. The Kier molecular flexibility index (Phi) is 3.75. The molecular weight excluding hydrogens is 287 g/mol. The molecule has 3 nitrogen and oxygen atoms in total. The molecule has 1 heterocycles. The van der Waals surface area contributed by atoms with Gasteiger partial charge in [-0.3, -0.25) is 10.1 Å². The molecule has 3 aromatic rings. The first kappa shape index (κ1) is 13.5. The maximum absolute atomic E-state index is 12.8. The number of halogens is 1. The van der Waals surface area contributed by atoms with Crippen molar-refractivity contribution in [3.63, 3.8) is 0 Å². The molecule has 0 atom stereocenters. The molecule has 1 N–H and O–H groups in total. The van der Waals surface area contributed by atoms with E-state index in [-0.39, 0.29) is 11.7 Å². The number of thiazole rings is 1. The van der Waals surface area contributed by atoms with Crippen molar-refractivity contribution in [1.82, 2.24) is 4.98 Å². The largest absolute Gasteiger partial charge is 0.298 e. The number of hydrogen-bond donors (Lipinski definition) is 1. The summed E-state index contributed by atoms with van der Waals surface area (Å²) in [6, 6.07) is 15.1. The van der Waals surface area contributed by atoms with Crippen LogP contribution in [0.2, 0.25) is 0 Å². The predicted octanol–water partition coefficient (Wildman–Crippen LogP) is 4.20. The summed E-state index contributed by atoms with van der Waals surface area (Å²) in [5.41, 5.74) is 2.21. The lowest BCUT2D eigenvalue weighted by molar-refractivity contribution is 0.102. The Morgan fingerprint density at radius 1 is 1.05 bits per heavy atom. The lowest BCUT2D eigenvalue weighted by atomic mass is 10.2. The van der Waals surface area contributed by atoms with Crippen LogP contribution in [0.5, 0.6) is 0 Å². The molecule has 1 amide bonds. The minimum absolute atomic E-state index is 0.302. The lowest BCUT2D eigenvalue weighted by Crippen LogP contribution is -2.11. The number of carbonyl (C=O) groups is 1. The van der Waals surface area contributed by atoms with Crippen LogP contribution in [0.25, 0.3) is 11.3 Å². The third-order valence-corrected chi connectivity index (χ3v) is 3.66. The van der Waals surface area contributed by atoms with Crippen molar-refractivity contribution in [3.8, 4) is 11.3 Å². The molecule has 0 aliphatic carbocycles. The van der Waals surface area contributed by atoms with E-state index in [2.05, 4.69) is 10.3 Å². The fraction of sp³-hybridized carbons (Fsp3) is 0. The number of amides is 1. The Morgan fingerprint density at radius 3 is 2.48 bits per heavy atom. The Bertz CT molecular complexity index is 753. The van der Waals surface area contributed by atoms with E-state index in [1.807, 2.05) is 35.7 Å². The zero-order valence-electron chi connectivity index (χ0n) is 10.9. The first-order valence-electron chi connectivity index (χ1n) is 6.30. The van der Waals surface area contributed by atoms with Gasteiger partial charge < -0.3 is 0 Å². The van der Waals surface area contributed by atoms with Crippen molar-refractivity contribution < 1.29 is 9.18 Å². The van der Waals surface area contributed by atoms with Crippen LogP contribution in [-0.2, 0) is 0 Å². The minimum atomic E-state index is -0.368. The lowest BCUT2D eigenvalue weighted by Gasteiger charge is -2.01. The zero-order chi connectivity index (χ0) is 14.7. The van der Waals surface area contributed by atoms with Crippen molar-refractivity contribution in [2.24, 2.45) is 0 Å². The Morgan fingerprint density at radius 2 is 1.76 bits per heavy atom. The van der Waals surface area contributed by atoms with Gasteiger partial charge in [-0.15, -0.1) is 11.3 Å². The monoisotopic (exact) mass is 298 g/mol. The highest BCUT2D eigenvalue weighted by molar-refractivity contribution is 7.14. The van der Waals surface area contributed by atoms with Crippen LogP contribution in [0.3, 0.4) is 0 Å². The summed E-state index contributed by atoms with van der Waals surface area (Å²) in [5, 5.41) is 5.12. The second-order valence-electron chi connectivity index (χ2n) is 4.36. The molecule has 104 valence electrons. The maximum Gasteiger partial charge on any atom is 0.257 e. The van der Waals surface area contributed by atoms with E-state index >= 15 is 0 Å². The summed E-state index contributed by atoms with van der Waals surface area (Å²) in [7, 11) is 0. The molecule has 0 spiro atoms. The molecule has 2 aromatic carbocycles. The summed E-state index contributed by atoms with van der Waals surface area (Å²) in [5.74, 6) is -0.670. The average Bonchev–Trinajstić information content (AvgIpc) is 2.97. The highest BCUT2D eigenvalue weighted by Gasteiger charge is 2.09. The highest BCUT2D eigenvalue weighted by Crippen LogP contribution is 2.24. The molecule has 1 aromatic heterocycles. The Labute approximate surface area is 125 Å². The molecule has 0 radical (unpaired) electrons. The number of hydrogen-bond acceptors (Lipinski definition) is 3. The molecule has 0 bridgehead atoms.